The van der Waals surface area contributed by atoms with E-state index in [4.69, 9.17) is 10.5 Å². The molecule has 0 atom stereocenters. The Hall–Kier alpha value is -2.83. The lowest BCUT2D eigenvalue weighted by Crippen LogP contribution is -2.28. The Bertz CT molecular complexity index is 676. The molecule has 0 saturated carbocycles. The Morgan fingerprint density at radius 1 is 1.30 bits per heavy atom. The molecule has 2 aromatic rings. The molecule has 23 heavy (non-hydrogen) atoms. The summed E-state index contributed by atoms with van der Waals surface area (Å²) in [5, 5.41) is 3.09. The standard InChI is InChI=1S/C16H19FN4O2/c1-3-23-16(22)21(2)13-8-9-14(20-15(13)18)19-10-11-4-6-12(17)7-5-11/h4-9H,3,10H2,1-2H3,(H3,18,19,20). The van der Waals surface area contributed by atoms with Crippen molar-refractivity contribution in [3.63, 3.8) is 0 Å². The minimum atomic E-state index is -0.493. The van der Waals surface area contributed by atoms with Crippen LogP contribution in [0.25, 0.3) is 0 Å². The van der Waals surface area contributed by atoms with Crippen molar-refractivity contribution in [2.75, 3.05) is 29.6 Å². The van der Waals surface area contributed by atoms with E-state index in [9.17, 15) is 9.18 Å². The first-order valence-corrected chi connectivity index (χ1v) is 7.16. The van der Waals surface area contributed by atoms with Crippen LogP contribution in [0.15, 0.2) is 36.4 Å². The van der Waals surface area contributed by atoms with Crippen LogP contribution in [0.5, 0.6) is 0 Å². The number of halogens is 1. The molecule has 1 heterocycles. The molecule has 7 heteroatoms. The van der Waals surface area contributed by atoms with Crippen LogP contribution in [-0.2, 0) is 11.3 Å². The van der Waals surface area contributed by atoms with Gasteiger partial charge in [0.2, 0.25) is 0 Å². The summed E-state index contributed by atoms with van der Waals surface area (Å²) in [6.07, 6.45) is -0.493. The lowest BCUT2D eigenvalue weighted by atomic mass is 10.2. The molecule has 0 unspecified atom stereocenters. The van der Waals surface area contributed by atoms with Crippen molar-refractivity contribution in [2.45, 2.75) is 13.5 Å². The van der Waals surface area contributed by atoms with E-state index >= 15 is 0 Å². The molecule has 0 aliphatic heterocycles. The summed E-state index contributed by atoms with van der Waals surface area (Å²) in [5.74, 6) is 0.500. The van der Waals surface area contributed by atoms with E-state index in [1.165, 1.54) is 17.0 Å². The number of hydrogen-bond donors (Lipinski definition) is 2. The number of benzene rings is 1. The van der Waals surface area contributed by atoms with Gasteiger partial charge in [-0.2, -0.15) is 0 Å². The molecule has 1 aromatic carbocycles. The molecule has 0 fully saturated rings. The zero-order valence-corrected chi connectivity index (χ0v) is 13.0. The highest BCUT2D eigenvalue weighted by molar-refractivity contribution is 5.90. The van der Waals surface area contributed by atoms with Gasteiger partial charge < -0.3 is 15.8 Å². The number of nitrogens with zero attached hydrogens (tertiary/aromatic N) is 2. The maximum absolute atomic E-state index is 12.9. The van der Waals surface area contributed by atoms with Crippen LogP contribution in [0.4, 0.5) is 26.5 Å². The van der Waals surface area contributed by atoms with Crippen molar-refractivity contribution >= 4 is 23.4 Å². The van der Waals surface area contributed by atoms with Gasteiger partial charge in [0.15, 0.2) is 0 Å². The largest absolute Gasteiger partial charge is 0.449 e. The number of pyridine rings is 1. The second kappa shape index (κ2) is 7.44. The van der Waals surface area contributed by atoms with Gasteiger partial charge in [-0.1, -0.05) is 12.1 Å². The summed E-state index contributed by atoms with van der Waals surface area (Å²) in [7, 11) is 1.57. The summed E-state index contributed by atoms with van der Waals surface area (Å²) in [6.45, 7) is 2.50. The zero-order valence-electron chi connectivity index (χ0n) is 13.0. The summed E-state index contributed by atoms with van der Waals surface area (Å²) in [4.78, 5) is 17.2. The minimum Gasteiger partial charge on any atom is -0.449 e. The molecule has 0 radical (unpaired) electrons. The first-order chi connectivity index (χ1) is 11.0. The van der Waals surface area contributed by atoms with Gasteiger partial charge in [0, 0.05) is 13.6 Å². The van der Waals surface area contributed by atoms with Crippen LogP contribution >= 0.6 is 0 Å². The number of nitrogen functional groups attached to an aromatic ring is 1. The summed E-state index contributed by atoms with van der Waals surface area (Å²) in [6, 6.07) is 9.58. The normalized spacial score (nSPS) is 10.2. The number of carbonyl (C=O) groups excluding carboxylic acids is 1. The predicted molar refractivity (Wildman–Crippen MR) is 87.8 cm³/mol. The maximum atomic E-state index is 12.9. The number of ether oxygens (including phenoxy) is 1. The first-order valence-electron chi connectivity index (χ1n) is 7.16. The number of anilines is 3. The maximum Gasteiger partial charge on any atom is 0.414 e. The average molecular weight is 318 g/mol. The Kier molecular flexibility index (Phi) is 5.35. The third kappa shape index (κ3) is 4.32. The molecule has 0 aliphatic rings. The van der Waals surface area contributed by atoms with Crippen molar-refractivity contribution in [3.05, 3.63) is 47.8 Å². The molecule has 0 saturated heterocycles. The number of hydrogen-bond acceptors (Lipinski definition) is 5. The highest BCUT2D eigenvalue weighted by Gasteiger charge is 2.15. The van der Waals surface area contributed by atoms with Gasteiger partial charge in [-0.15, -0.1) is 0 Å². The van der Waals surface area contributed by atoms with E-state index in [1.54, 1.807) is 38.2 Å². The molecule has 2 rings (SSSR count). The number of rotatable bonds is 5. The molecule has 6 nitrogen and oxygen atoms in total. The third-order valence-corrected chi connectivity index (χ3v) is 3.19. The highest BCUT2D eigenvalue weighted by Crippen LogP contribution is 2.23. The van der Waals surface area contributed by atoms with E-state index in [1.807, 2.05) is 0 Å². The molecular formula is C16H19FN4O2. The average Bonchev–Trinajstić information content (AvgIpc) is 2.54. The number of aromatic nitrogens is 1. The Morgan fingerprint density at radius 3 is 2.61 bits per heavy atom. The van der Waals surface area contributed by atoms with Crippen LogP contribution in [0.2, 0.25) is 0 Å². The van der Waals surface area contributed by atoms with Crippen LogP contribution < -0.4 is 16.0 Å². The highest BCUT2D eigenvalue weighted by atomic mass is 19.1. The van der Waals surface area contributed by atoms with Crippen molar-refractivity contribution < 1.29 is 13.9 Å². The molecule has 1 aromatic heterocycles. The smallest absolute Gasteiger partial charge is 0.414 e. The quantitative estimate of drug-likeness (QED) is 0.886. The molecule has 122 valence electrons. The molecule has 0 bridgehead atoms. The van der Waals surface area contributed by atoms with Crippen molar-refractivity contribution in [2.24, 2.45) is 0 Å². The van der Waals surface area contributed by atoms with E-state index in [0.29, 0.717) is 18.1 Å². The fourth-order valence-electron chi connectivity index (χ4n) is 1.96. The van der Waals surface area contributed by atoms with Crippen molar-refractivity contribution in [3.8, 4) is 0 Å². The lowest BCUT2D eigenvalue weighted by molar-refractivity contribution is 0.161. The predicted octanol–water partition coefficient (Wildman–Crippen LogP) is 3.01. The number of nitrogens with one attached hydrogen (secondary N) is 1. The van der Waals surface area contributed by atoms with E-state index < -0.39 is 6.09 Å². The van der Waals surface area contributed by atoms with Crippen molar-refractivity contribution in [1.82, 2.24) is 4.98 Å². The summed E-state index contributed by atoms with van der Waals surface area (Å²) in [5.41, 5.74) is 7.28. The van der Waals surface area contributed by atoms with Gasteiger partial charge in [-0.3, -0.25) is 4.90 Å². The van der Waals surface area contributed by atoms with Crippen LogP contribution in [-0.4, -0.2) is 24.7 Å². The molecular weight excluding hydrogens is 299 g/mol. The molecule has 0 aliphatic carbocycles. The third-order valence-electron chi connectivity index (χ3n) is 3.19. The zero-order chi connectivity index (χ0) is 16.8. The van der Waals surface area contributed by atoms with Gasteiger partial charge in [0.05, 0.1) is 12.3 Å². The summed E-state index contributed by atoms with van der Waals surface area (Å²) >= 11 is 0. The molecule has 0 spiro atoms. The van der Waals surface area contributed by atoms with Gasteiger partial charge in [0.1, 0.15) is 17.5 Å². The fraction of sp³-hybridized carbons (Fsp3) is 0.250. The summed E-state index contributed by atoms with van der Waals surface area (Å²) < 4.78 is 17.8. The van der Waals surface area contributed by atoms with Gasteiger partial charge >= 0.3 is 6.09 Å². The van der Waals surface area contributed by atoms with Gasteiger partial charge in [-0.25, -0.2) is 14.2 Å². The van der Waals surface area contributed by atoms with E-state index in [0.717, 1.165) is 5.56 Å². The fourth-order valence-corrected chi connectivity index (χ4v) is 1.96. The monoisotopic (exact) mass is 318 g/mol. The van der Waals surface area contributed by atoms with E-state index in [-0.39, 0.29) is 18.2 Å². The number of amides is 1. The van der Waals surface area contributed by atoms with Gasteiger partial charge in [0.25, 0.3) is 0 Å². The second-order valence-corrected chi connectivity index (χ2v) is 4.84. The Morgan fingerprint density at radius 2 is 2.00 bits per heavy atom. The SMILES string of the molecule is CCOC(=O)N(C)c1ccc(NCc2ccc(F)cc2)nc1N. The molecule has 1 amide bonds. The van der Waals surface area contributed by atoms with Crippen LogP contribution in [0, 0.1) is 5.82 Å². The van der Waals surface area contributed by atoms with E-state index in [2.05, 4.69) is 10.3 Å². The first kappa shape index (κ1) is 16.5. The Balaban J connectivity index is 2.04. The van der Waals surface area contributed by atoms with Crippen LogP contribution in [0.1, 0.15) is 12.5 Å². The Labute approximate surface area is 134 Å². The van der Waals surface area contributed by atoms with Gasteiger partial charge in [-0.05, 0) is 36.8 Å². The molecule has 3 N–H and O–H groups in total. The van der Waals surface area contributed by atoms with Crippen molar-refractivity contribution in [1.29, 1.82) is 0 Å². The number of nitrogens with two attached hydrogens (primary N) is 1. The number of carbonyl (C=O) groups is 1. The lowest BCUT2D eigenvalue weighted by Gasteiger charge is -2.18. The van der Waals surface area contributed by atoms with Crippen LogP contribution in [0.3, 0.4) is 0 Å². The second-order valence-electron chi connectivity index (χ2n) is 4.84. The topological polar surface area (TPSA) is 80.5 Å². The minimum absolute atomic E-state index is 0.213.